The number of pyridine rings is 1. The smallest absolute Gasteiger partial charge is 0.122 e. The molecule has 2 heteroatoms. The first-order valence-electron chi connectivity index (χ1n) is 5.54. The molecule has 0 radical (unpaired) electrons. The molecule has 1 atom stereocenters. The maximum Gasteiger partial charge on any atom is 0.122 e. The van der Waals surface area contributed by atoms with Crippen molar-refractivity contribution in [2.45, 2.75) is 12.3 Å². The van der Waals surface area contributed by atoms with Gasteiger partial charge in [0.1, 0.15) is 5.75 Å². The molecule has 0 saturated heterocycles. The number of nitrogens with zero attached hydrogens (tertiary/aromatic N) is 1. The van der Waals surface area contributed by atoms with Gasteiger partial charge in [-0.1, -0.05) is 18.2 Å². The largest absolute Gasteiger partial charge is 0.493 e. The Morgan fingerprint density at radius 3 is 2.75 bits per heavy atom. The van der Waals surface area contributed by atoms with E-state index < -0.39 is 0 Å². The van der Waals surface area contributed by atoms with E-state index in [2.05, 4.69) is 29.2 Å². The van der Waals surface area contributed by atoms with Gasteiger partial charge in [0.25, 0.3) is 0 Å². The second-order valence-electron chi connectivity index (χ2n) is 4.10. The number of rotatable bonds is 1. The minimum absolute atomic E-state index is 0.456. The van der Waals surface area contributed by atoms with Gasteiger partial charge in [-0.3, -0.25) is 4.98 Å². The Morgan fingerprint density at radius 2 is 1.88 bits per heavy atom. The summed E-state index contributed by atoms with van der Waals surface area (Å²) in [5, 5.41) is 0. The summed E-state index contributed by atoms with van der Waals surface area (Å²) in [5.41, 5.74) is 2.61. The fraction of sp³-hybridized carbons (Fsp3) is 0.214. The van der Waals surface area contributed by atoms with Gasteiger partial charge >= 0.3 is 0 Å². The van der Waals surface area contributed by atoms with E-state index in [-0.39, 0.29) is 0 Å². The predicted molar refractivity (Wildman–Crippen MR) is 62.6 cm³/mol. The Kier molecular flexibility index (Phi) is 2.33. The van der Waals surface area contributed by atoms with Crippen LogP contribution >= 0.6 is 0 Å². The molecule has 2 nitrogen and oxygen atoms in total. The van der Waals surface area contributed by atoms with Crippen LogP contribution < -0.4 is 4.74 Å². The molecule has 1 aromatic carbocycles. The Hall–Kier alpha value is -1.83. The first-order chi connectivity index (χ1) is 7.93. The summed E-state index contributed by atoms with van der Waals surface area (Å²) in [6, 6.07) is 12.4. The molecule has 80 valence electrons. The summed E-state index contributed by atoms with van der Waals surface area (Å²) in [6.45, 7) is 0.765. The number of para-hydroxylation sites is 1. The Balaban J connectivity index is 1.89. The van der Waals surface area contributed by atoms with Gasteiger partial charge < -0.3 is 4.74 Å². The molecule has 16 heavy (non-hydrogen) atoms. The first-order valence-corrected chi connectivity index (χ1v) is 5.54. The third-order valence-electron chi connectivity index (χ3n) is 3.06. The highest BCUT2D eigenvalue weighted by molar-refractivity contribution is 5.37. The van der Waals surface area contributed by atoms with Gasteiger partial charge in [0.05, 0.1) is 6.61 Å². The summed E-state index contributed by atoms with van der Waals surface area (Å²) < 4.78 is 5.77. The molecule has 0 N–H and O–H groups in total. The lowest BCUT2D eigenvalue weighted by Gasteiger charge is -2.25. The molecule has 1 aliphatic heterocycles. The molecular weight excluding hydrogens is 198 g/mol. The number of hydrogen-bond donors (Lipinski definition) is 0. The molecule has 1 aromatic heterocycles. The van der Waals surface area contributed by atoms with Gasteiger partial charge in [-0.25, -0.2) is 0 Å². The standard InChI is InChI=1S/C14H13NO/c1-2-4-14-12(3-1)9-13(10-16-14)11-5-7-15-8-6-11/h1-8,13H,9-10H2/t13-/m1/s1. The van der Waals surface area contributed by atoms with Crippen molar-refractivity contribution in [2.75, 3.05) is 6.61 Å². The molecule has 0 spiro atoms. The van der Waals surface area contributed by atoms with Crippen LogP contribution in [0.3, 0.4) is 0 Å². The van der Waals surface area contributed by atoms with Gasteiger partial charge in [0.15, 0.2) is 0 Å². The highest BCUT2D eigenvalue weighted by Crippen LogP contribution is 2.31. The molecule has 0 fully saturated rings. The van der Waals surface area contributed by atoms with Gasteiger partial charge in [-0.05, 0) is 35.7 Å². The van der Waals surface area contributed by atoms with Crippen molar-refractivity contribution >= 4 is 0 Å². The quantitative estimate of drug-likeness (QED) is 0.723. The maximum absolute atomic E-state index is 5.77. The molecule has 0 aliphatic carbocycles. The van der Waals surface area contributed by atoms with Crippen LogP contribution in [-0.2, 0) is 6.42 Å². The molecule has 1 aliphatic rings. The van der Waals surface area contributed by atoms with Crippen LogP contribution in [0.15, 0.2) is 48.8 Å². The van der Waals surface area contributed by atoms with E-state index in [1.807, 2.05) is 24.5 Å². The fourth-order valence-electron chi connectivity index (χ4n) is 2.18. The SMILES string of the molecule is c1ccc2c(c1)C[C@@H](c1ccncc1)CO2. The molecule has 0 bridgehead atoms. The lowest BCUT2D eigenvalue weighted by molar-refractivity contribution is 0.262. The Labute approximate surface area is 94.9 Å². The first kappa shape index (κ1) is 9.40. The second-order valence-corrected chi connectivity index (χ2v) is 4.10. The lowest BCUT2D eigenvalue weighted by atomic mass is 9.91. The topological polar surface area (TPSA) is 22.1 Å². The van der Waals surface area contributed by atoms with Gasteiger partial charge in [-0.2, -0.15) is 0 Å². The second kappa shape index (κ2) is 3.97. The Bertz CT molecular complexity index is 481. The van der Waals surface area contributed by atoms with Crippen molar-refractivity contribution < 1.29 is 4.74 Å². The molecule has 0 amide bonds. The van der Waals surface area contributed by atoms with E-state index >= 15 is 0 Å². The number of fused-ring (bicyclic) bond motifs is 1. The average Bonchev–Trinajstić information content (AvgIpc) is 2.39. The van der Waals surface area contributed by atoms with Crippen LogP contribution in [-0.4, -0.2) is 11.6 Å². The molecule has 0 saturated carbocycles. The number of benzene rings is 1. The van der Waals surface area contributed by atoms with Crippen molar-refractivity contribution in [3.8, 4) is 5.75 Å². The van der Waals surface area contributed by atoms with Gasteiger partial charge in [0, 0.05) is 18.3 Å². The van der Waals surface area contributed by atoms with E-state index in [0.29, 0.717) is 5.92 Å². The minimum atomic E-state index is 0.456. The van der Waals surface area contributed by atoms with E-state index in [1.165, 1.54) is 11.1 Å². The van der Waals surface area contributed by atoms with E-state index in [0.717, 1.165) is 18.8 Å². The predicted octanol–water partition coefficient (Wildman–Crippen LogP) is 2.80. The lowest BCUT2D eigenvalue weighted by Crippen LogP contribution is -2.19. The average molecular weight is 211 g/mol. The van der Waals surface area contributed by atoms with E-state index in [4.69, 9.17) is 4.74 Å². The number of aromatic nitrogens is 1. The zero-order valence-corrected chi connectivity index (χ0v) is 8.97. The van der Waals surface area contributed by atoms with Crippen molar-refractivity contribution in [1.82, 2.24) is 4.98 Å². The normalized spacial score (nSPS) is 18.6. The van der Waals surface area contributed by atoms with Crippen LogP contribution in [0.1, 0.15) is 17.0 Å². The number of hydrogen-bond acceptors (Lipinski definition) is 2. The summed E-state index contributed by atoms with van der Waals surface area (Å²) >= 11 is 0. The summed E-state index contributed by atoms with van der Waals surface area (Å²) in [4.78, 5) is 4.04. The monoisotopic (exact) mass is 211 g/mol. The van der Waals surface area contributed by atoms with Crippen molar-refractivity contribution in [2.24, 2.45) is 0 Å². The molecule has 2 aromatic rings. The van der Waals surface area contributed by atoms with Crippen LogP contribution in [0.2, 0.25) is 0 Å². The molecular formula is C14H13NO. The van der Waals surface area contributed by atoms with Crippen LogP contribution in [0, 0.1) is 0 Å². The zero-order valence-electron chi connectivity index (χ0n) is 8.97. The van der Waals surface area contributed by atoms with Crippen LogP contribution in [0.4, 0.5) is 0 Å². The zero-order chi connectivity index (χ0) is 10.8. The summed E-state index contributed by atoms with van der Waals surface area (Å²) in [7, 11) is 0. The van der Waals surface area contributed by atoms with Gasteiger partial charge in [0.2, 0.25) is 0 Å². The fourth-order valence-corrected chi connectivity index (χ4v) is 2.18. The highest BCUT2D eigenvalue weighted by Gasteiger charge is 2.20. The van der Waals surface area contributed by atoms with Crippen molar-refractivity contribution in [3.05, 3.63) is 59.9 Å². The van der Waals surface area contributed by atoms with Crippen LogP contribution in [0.25, 0.3) is 0 Å². The van der Waals surface area contributed by atoms with Gasteiger partial charge in [-0.15, -0.1) is 0 Å². The highest BCUT2D eigenvalue weighted by atomic mass is 16.5. The molecule has 3 rings (SSSR count). The van der Waals surface area contributed by atoms with Crippen molar-refractivity contribution in [1.29, 1.82) is 0 Å². The minimum Gasteiger partial charge on any atom is -0.493 e. The van der Waals surface area contributed by atoms with E-state index in [1.54, 1.807) is 0 Å². The molecule has 2 heterocycles. The Morgan fingerprint density at radius 1 is 1.06 bits per heavy atom. The molecule has 0 unspecified atom stereocenters. The third-order valence-corrected chi connectivity index (χ3v) is 3.06. The third kappa shape index (κ3) is 1.67. The summed E-state index contributed by atoms with van der Waals surface area (Å²) in [6.07, 6.45) is 4.74. The van der Waals surface area contributed by atoms with E-state index in [9.17, 15) is 0 Å². The van der Waals surface area contributed by atoms with Crippen LogP contribution in [0.5, 0.6) is 5.75 Å². The van der Waals surface area contributed by atoms with Crippen molar-refractivity contribution in [3.63, 3.8) is 0 Å². The maximum atomic E-state index is 5.77. The number of ether oxygens (including phenoxy) is 1. The summed E-state index contributed by atoms with van der Waals surface area (Å²) in [5.74, 6) is 1.49.